The zero-order valence-corrected chi connectivity index (χ0v) is 19.8. The first-order chi connectivity index (χ1) is 16.2. The number of ether oxygens (including phenoxy) is 2. The Morgan fingerprint density at radius 1 is 1.03 bits per heavy atom. The molecular formula is C24H28ClF2N3O4. The van der Waals surface area contributed by atoms with Crippen LogP contribution in [0.5, 0.6) is 11.5 Å². The molecule has 0 aliphatic carbocycles. The predicted octanol–water partition coefficient (Wildman–Crippen LogP) is 3.63. The molecule has 0 spiro atoms. The summed E-state index contributed by atoms with van der Waals surface area (Å²) in [6, 6.07) is 12.1. The van der Waals surface area contributed by atoms with Crippen molar-refractivity contribution in [2.75, 3.05) is 19.1 Å². The van der Waals surface area contributed by atoms with Crippen LogP contribution in [0.4, 0.5) is 8.78 Å². The lowest BCUT2D eigenvalue weighted by atomic mass is 9.78. The molecule has 1 heterocycles. The molecule has 3 aromatic rings. The van der Waals surface area contributed by atoms with E-state index in [1.165, 1.54) is 23.0 Å². The van der Waals surface area contributed by atoms with Crippen molar-refractivity contribution in [2.45, 2.75) is 44.7 Å². The van der Waals surface area contributed by atoms with Gasteiger partial charge in [0, 0.05) is 5.41 Å². The number of benzene rings is 2. The quantitative estimate of drug-likeness (QED) is 0.373. The van der Waals surface area contributed by atoms with Gasteiger partial charge < -0.3 is 19.7 Å². The van der Waals surface area contributed by atoms with Gasteiger partial charge >= 0.3 is 0 Å². The van der Waals surface area contributed by atoms with Crippen LogP contribution in [0, 0.1) is 5.82 Å². The maximum Gasteiger partial charge on any atom is 0.165 e. The van der Waals surface area contributed by atoms with E-state index in [-0.39, 0.29) is 37.1 Å². The summed E-state index contributed by atoms with van der Waals surface area (Å²) in [4.78, 5) is 0. The maximum atomic E-state index is 14.6. The van der Waals surface area contributed by atoms with Crippen molar-refractivity contribution < 1.29 is 28.5 Å². The van der Waals surface area contributed by atoms with Gasteiger partial charge in [-0.25, -0.2) is 13.5 Å². The molecule has 0 saturated carbocycles. The monoisotopic (exact) mass is 495 g/mol. The van der Waals surface area contributed by atoms with Crippen LogP contribution in [0.1, 0.15) is 30.7 Å². The fourth-order valence-electron chi connectivity index (χ4n) is 3.32. The largest absolute Gasteiger partial charge is 0.491 e. The number of aliphatic hydroxyl groups is 2. The number of aliphatic hydroxyl groups excluding tert-OH is 2. The van der Waals surface area contributed by atoms with Gasteiger partial charge in [-0.15, -0.1) is 16.7 Å². The van der Waals surface area contributed by atoms with Gasteiger partial charge in [-0.3, -0.25) is 0 Å². The molecule has 3 rings (SSSR count). The molecular weight excluding hydrogens is 468 g/mol. The van der Waals surface area contributed by atoms with Crippen molar-refractivity contribution in [1.82, 2.24) is 15.0 Å². The van der Waals surface area contributed by atoms with Gasteiger partial charge in [-0.2, -0.15) is 0 Å². The third-order valence-corrected chi connectivity index (χ3v) is 5.76. The van der Waals surface area contributed by atoms with Gasteiger partial charge in [-0.05, 0) is 35.4 Å². The average molecular weight is 496 g/mol. The van der Waals surface area contributed by atoms with Gasteiger partial charge in [0.2, 0.25) is 0 Å². The zero-order valence-electron chi connectivity index (χ0n) is 19.0. The van der Waals surface area contributed by atoms with Gasteiger partial charge in [-0.1, -0.05) is 37.3 Å². The van der Waals surface area contributed by atoms with Gasteiger partial charge in [0.05, 0.1) is 18.6 Å². The van der Waals surface area contributed by atoms with Crippen molar-refractivity contribution in [3.8, 4) is 11.5 Å². The molecule has 0 unspecified atom stereocenters. The first-order valence-electron chi connectivity index (χ1n) is 10.8. The summed E-state index contributed by atoms with van der Waals surface area (Å²) in [7, 11) is 0. The maximum absolute atomic E-state index is 14.6. The Morgan fingerprint density at radius 2 is 1.71 bits per heavy atom. The first kappa shape index (κ1) is 25.9. The van der Waals surface area contributed by atoms with Crippen molar-refractivity contribution >= 4 is 11.6 Å². The van der Waals surface area contributed by atoms with E-state index in [1.54, 1.807) is 18.2 Å². The van der Waals surface area contributed by atoms with E-state index in [4.69, 9.17) is 21.1 Å². The highest BCUT2D eigenvalue weighted by Gasteiger charge is 2.25. The topological polar surface area (TPSA) is 89.6 Å². The number of hydrogen-bond donors (Lipinski definition) is 2. The molecule has 2 aromatic carbocycles. The summed E-state index contributed by atoms with van der Waals surface area (Å²) in [6.07, 6.45) is -0.277. The van der Waals surface area contributed by atoms with Crippen LogP contribution >= 0.6 is 11.6 Å². The Bertz CT molecular complexity index is 1060. The van der Waals surface area contributed by atoms with E-state index in [0.29, 0.717) is 5.75 Å². The first-order valence-corrected chi connectivity index (χ1v) is 11.3. The SMILES string of the molecule is CC(C)(c1ccc(OC[C@H](O)Cn2cc(CF)nn2)cc1)c1ccc(OC[C@H](O)CCl)c(F)c1. The van der Waals surface area contributed by atoms with Crippen LogP contribution in [0.2, 0.25) is 0 Å². The van der Waals surface area contributed by atoms with Crippen LogP contribution in [0.3, 0.4) is 0 Å². The van der Waals surface area contributed by atoms with Crippen LogP contribution in [-0.4, -0.2) is 56.5 Å². The standard InChI is InChI=1S/C24H28ClF2N3O4/c1-24(2,17-5-8-23(22(27)9-17)34-14-19(31)10-25)16-3-6-21(7-4-16)33-15-20(32)13-30-12-18(11-26)28-29-30/h3-9,12,19-20,31-32H,10-11,13-15H2,1-2H3/t19-,20-/m1/s1. The van der Waals surface area contributed by atoms with Crippen LogP contribution in [0.15, 0.2) is 48.7 Å². The van der Waals surface area contributed by atoms with Gasteiger partial charge in [0.1, 0.15) is 43.5 Å². The molecule has 1 aromatic heterocycles. The molecule has 184 valence electrons. The fourth-order valence-corrected chi connectivity index (χ4v) is 3.41. The lowest BCUT2D eigenvalue weighted by Crippen LogP contribution is -2.24. The Hall–Kier alpha value is -2.75. The van der Waals surface area contributed by atoms with E-state index in [1.807, 2.05) is 26.0 Å². The smallest absolute Gasteiger partial charge is 0.165 e. The number of nitrogens with zero attached hydrogens (tertiary/aromatic N) is 3. The average Bonchev–Trinajstić information content (AvgIpc) is 3.29. The van der Waals surface area contributed by atoms with Gasteiger partial charge in [0.15, 0.2) is 11.6 Å². The molecule has 2 N–H and O–H groups in total. The number of alkyl halides is 2. The summed E-state index contributed by atoms with van der Waals surface area (Å²) >= 11 is 5.53. The van der Waals surface area contributed by atoms with E-state index < -0.39 is 30.1 Å². The molecule has 10 heteroatoms. The van der Waals surface area contributed by atoms with E-state index >= 15 is 0 Å². The number of aromatic nitrogens is 3. The van der Waals surface area contributed by atoms with Crippen LogP contribution in [0.25, 0.3) is 0 Å². The van der Waals surface area contributed by atoms with E-state index in [9.17, 15) is 19.0 Å². The summed E-state index contributed by atoms with van der Waals surface area (Å²) in [5.74, 6) is 0.105. The highest BCUT2D eigenvalue weighted by molar-refractivity contribution is 6.18. The molecule has 0 bridgehead atoms. The minimum absolute atomic E-state index is 0.00846. The molecule has 0 radical (unpaired) electrons. The number of rotatable bonds is 12. The fraction of sp³-hybridized carbons (Fsp3) is 0.417. The molecule has 0 aliphatic heterocycles. The molecule has 2 atom stereocenters. The second-order valence-corrected chi connectivity index (χ2v) is 8.75. The van der Waals surface area contributed by atoms with Crippen molar-refractivity contribution in [1.29, 1.82) is 0 Å². The Balaban J connectivity index is 1.59. The minimum atomic E-state index is -0.865. The highest BCUT2D eigenvalue weighted by Crippen LogP contribution is 2.34. The molecule has 7 nitrogen and oxygen atoms in total. The molecule has 0 amide bonds. The summed E-state index contributed by atoms with van der Waals surface area (Å²) in [6.45, 7) is 3.31. The lowest BCUT2D eigenvalue weighted by molar-refractivity contribution is 0.0888. The summed E-state index contributed by atoms with van der Waals surface area (Å²) < 4.78 is 39.4. The van der Waals surface area contributed by atoms with Crippen molar-refractivity contribution in [3.63, 3.8) is 0 Å². The molecule has 0 aliphatic rings. The second kappa shape index (κ2) is 11.6. The summed E-state index contributed by atoms with van der Waals surface area (Å²) in [5.41, 5.74) is 1.39. The van der Waals surface area contributed by atoms with E-state index in [0.717, 1.165) is 11.1 Å². The number of halogens is 3. The third kappa shape index (κ3) is 6.65. The van der Waals surface area contributed by atoms with Crippen LogP contribution < -0.4 is 9.47 Å². The van der Waals surface area contributed by atoms with Crippen molar-refractivity contribution in [3.05, 3.63) is 71.3 Å². The summed E-state index contributed by atoms with van der Waals surface area (Å²) in [5, 5.41) is 27.0. The second-order valence-electron chi connectivity index (χ2n) is 8.44. The number of hydrogen-bond acceptors (Lipinski definition) is 6. The Kier molecular flexibility index (Phi) is 8.82. The predicted molar refractivity (Wildman–Crippen MR) is 124 cm³/mol. The Labute approximate surface area is 201 Å². The third-order valence-electron chi connectivity index (χ3n) is 5.40. The van der Waals surface area contributed by atoms with Crippen molar-refractivity contribution in [2.24, 2.45) is 0 Å². The van der Waals surface area contributed by atoms with Crippen LogP contribution in [-0.2, 0) is 18.6 Å². The molecule has 34 heavy (non-hydrogen) atoms. The zero-order chi connectivity index (χ0) is 24.7. The molecule has 0 fully saturated rings. The van der Waals surface area contributed by atoms with Gasteiger partial charge in [0.25, 0.3) is 0 Å². The Morgan fingerprint density at radius 3 is 2.32 bits per heavy atom. The highest BCUT2D eigenvalue weighted by atomic mass is 35.5. The lowest BCUT2D eigenvalue weighted by Gasteiger charge is -2.27. The minimum Gasteiger partial charge on any atom is -0.491 e. The molecule has 0 saturated heterocycles. The van der Waals surface area contributed by atoms with E-state index in [2.05, 4.69) is 10.3 Å². The normalized spacial score (nSPS) is 13.5.